The fourth-order valence-electron chi connectivity index (χ4n) is 3.01. The third-order valence-electron chi connectivity index (χ3n) is 4.63. The van der Waals surface area contributed by atoms with Gasteiger partial charge in [0.25, 0.3) is 5.91 Å². The summed E-state index contributed by atoms with van der Waals surface area (Å²) >= 11 is 0. The van der Waals surface area contributed by atoms with Crippen LogP contribution in [-0.4, -0.2) is 42.9 Å². The van der Waals surface area contributed by atoms with Crippen LogP contribution in [0.1, 0.15) is 57.9 Å². The predicted octanol–water partition coefficient (Wildman–Crippen LogP) is 2.79. The highest BCUT2D eigenvalue weighted by Crippen LogP contribution is 2.41. The number of halogens is 3. The molecule has 0 saturated heterocycles. The van der Waals surface area contributed by atoms with Crippen molar-refractivity contribution >= 4 is 23.3 Å². The number of rotatable bonds is 5. The molecule has 3 heterocycles. The maximum absolute atomic E-state index is 13.5. The van der Waals surface area contributed by atoms with Crippen LogP contribution in [0, 0.1) is 0 Å². The van der Waals surface area contributed by atoms with Crippen molar-refractivity contribution in [2.24, 2.45) is 7.05 Å². The number of aromatic nitrogens is 5. The number of carbonyl (C=O) groups excluding carboxylic acids is 2. The number of ether oxygens (including phenoxy) is 1. The molecule has 3 aromatic rings. The third kappa shape index (κ3) is 3.60. The molecule has 0 radical (unpaired) electrons. The topological polar surface area (TPSA) is 103 Å². The van der Waals surface area contributed by atoms with Gasteiger partial charge in [-0.15, -0.1) is 0 Å². The SMILES string of the molecule is CCOC(=O)c1cnn(C)c1NC(=O)c1cc2nc(C3CC3)cc(C(F)(F)F)n2n1. The molecule has 1 aliphatic carbocycles. The van der Waals surface area contributed by atoms with Crippen molar-refractivity contribution < 1.29 is 27.5 Å². The first kappa shape index (κ1) is 19.9. The van der Waals surface area contributed by atoms with Gasteiger partial charge in [-0.1, -0.05) is 0 Å². The lowest BCUT2D eigenvalue weighted by Gasteiger charge is -2.10. The van der Waals surface area contributed by atoms with Crippen LogP contribution < -0.4 is 5.32 Å². The second-order valence-corrected chi connectivity index (χ2v) is 6.84. The summed E-state index contributed by atoms with van der Waals surface area (Å²) in [5, 5.41) is 10.2. The van der Waals surface area contributed by atoms with Crippen LogP contribution in [0.25, 0.3) is 5.65 Å². The largest absolute Gasteiger partial charge is 0.462 e. The summed E-state index contributed by atoms with van der Waals surface area (Å²) < 4.78 is 47.3. The van der Waals surface area contributed by atoms with E-state index in [1.165, 1.54) is 24.0 Å². The second kappa shape index (κ2) is 7.11. The Balaban J connectivity index is 1.70. The summed E-state index contributed by atoms with van der Waals surface area (Å²) in [6.07, 6.45) is -1.88. The van der Waals surface area contributed by atoms with Crippen molar-refractivity contribution in [3.63, 3.8) is 0 Å². The molecule has 1 N–H and O–H groups in total. The van der Waals surface area contributed by atoms with E-state index in [-0.39, 0.29) is 35.2 Å². The highest BCUT2D eigenvalue weighted by molar-refractivity contribution is 6.06. The van der Waals surface area contributed by atoms with E-state index in [1.54, 1.807) is 6.92 Å². The number of amides is 1. The van der Waals surface area contributed by atoms with Crippen molar-refractivity contribution in [2.45, 2.75) is 31.9 Å². The van der Waals surface area contributed by atoms with E-state index in [9.17, 15) is 22.8 Å². The molecule has 0 unspecified atom stereocenters. The van der Waals surface area contributed by atoms with Crippen molar-refractivity contribution in [1.29, 1.82) is 0 Å². The summed E-state index contributed by atoms with van der Waals surface area (Å²) in [7, 11) is 1.49. The molecule has 1 fully saturated rings. The Morgan fingerprint density at radius 3 is 2.67 bits per heavy atom. The number of alkyl halides is 3. The van der Waals surface area contributed by atoms with Gasteiger partial charge < -0.3 is 10.1 Å². The Bertz CT molecular complexity index is 1150. The van der Waals surface area contributed by atoms with Crippen molar-refractivity contribution in [1.82, 2.24) is 24.4 Å². The monoisotopic (exact) mass is 422 g/mol. The van der Waals surface area contributed by atoms with E-state index in [0.29, 0.717) is 10.2 Å². The number of carbonyl (C=O) groups is 2. The molecule has 0 aliphatic heterocycles. The highest BCUT2D eigenvalue weighted by Gasteiger charge is 2.37. The Labute approximate surface area is 167 Å². The lowest BCUT2D eigenvalue weighted by molar-refractivity contribution is -0.142. The van der Waals surface area contributed by atoms with Gasteiger partial charge in [-0.3, -0.25) is 9.48 Å². The Hall–Kier alpha value is -3.44. The zero-order valence-electron chi connectivity index (χ0n) is 16.0. The third-order valence-corrected chi connectivity index (χ3v) is 4.63. The van der Waals surface area contributed by atoms with E-state index in [4.69, 9.17) is 4.74 Å². The van der Waals surface area contributed by atoms with Gasteiger partial charge in [-0.2, -0.15) is 23.4 Å². The quantitative estimate of drug-likeness (QED) is 0.635. The first-order valence-electron chi connectivity index (χ1n) is 9.17. The minimum absolute atomic E-state index is 0.00939. The molecule has 12 heteroatoms. The van der Waals surface area contributed by atoms with Crippen LogP contribution in [0.5, 0.6) is 0 Å². The normalized spacial score (nSPS) is 14.2. The summed E-state index contributed by atoms with van der Waals surface area (Å²) in [5.74, 6) is -1.47. The average molecular weight is 422 g/mol. The smallest absolute Gasteiger partial charge is 0.433 e. The molecule has 1 saturated carbocycles. The maximum Gasteiger partial charge on any atom is 0.433 e. The molecular formula is C18H17F3N6O3. The van der Waals surface area contributed by atoms with Gasteiger partial charge in [0.05, 0.1) is 12.8 Å². The first-order valence-corrected chi connectivity index (χ1v) is 9.17. The Morgan fingerprint density at radius 1 is 1.30 bits per heavy atom. The number of esters is 1. The van der Waals surface area contributed by atoms with E-state index in [1.807, 2.05) is 0 Å². The number of hydrogen-bond donors (Lipinski definition) is 1. The van der Waals surface area contributed by atoms with Gasteiger partial charge in [-0.25, -0.2) is 14.3 Å². The average Bonchev–Trinajstić information content (AvgIpc) is 3.34. The number of aryl methyl sites for hydroxylation is 1. The molecule has 0 spiro atoms. The lowest BCUT2D eigenvalue weighted by atomic mass is 10.2. The lowest BCUT2D eigenvalue weighted by Crippen LogP contribution is -2.19. The van der Waals surface area contributed by atoms with Crippen LogP contribution in [0.4, 0.5) is 19.0 Å². The molecule has 1 aliphatic rings. The molecule has 4 rings (SSSR count). The van der Waals surface area contributed by atoms with Crippen LogP contribution >= 0.6 is 0 Å². The van der Waals surface area contributed by atoms with Gasteiger partial charge in [0, 0.05) is 24.7 Å². The van der Waals surface area contributed by atoms with E-state index < -0.39 is 23.7 Å². The summed E-state index contributed by atoms with van der Waals surface area (Å²) in [4.78, 5) is 28.9. The van der Waals surface area contributed by atoms with Crippen molar-refractivity contribution in [3.8, 4) is 0 Å². The van der Waals surface area contributed by atoms with E-state index in [0.717, 1.165) is 18.9 Å². The van der Waals surface area contributed by atoms with Gasteiger partial charge >= 0.3 is 12.1 Å². The van der Waals surface area contributed by atoms with Crippen LogP contribution in [0.15, 0.2) is 18.3 Å². The van der Waals surface area contributed by atoms with Gasteiger partial charge in [0.1, 0.15) is 17.1 Å². The maximum atomic E-state index is 13.5. The Morgan fingerprint density at radius 2 is 2.03 bits per heavy atom. The number of nitrogens with zero attached hydrogens (tertiary/aromatic N) is 5. The fraction of sp³-hybridized carbons (Fsp3) is 0.389. The minimum Gasteiger partial charge on any atom is -0.462 e. The highest BCUT2D eigenvalue weighted by atomic mass is 19.4. The van der Waals surface area contributed by atoms with Crippen molar-refractivity contribution in [2.75, 3.05) is 11.9 Å². The molecule has 0 atom stereocenters. The zero-order valence-corrected chi connectivity index (χ0v) is 16.0. The molecule has 0 bridgehead atoms. The number of nitrogens with one attached hydrogen (secondary N) is 1. The second-order valence-electron chi connectivity index (χ2n) is 6.84. The van der Waals surface area contributed by atoms with Gasteiger partial charge in [0.15, 0.2) is 11.3 Å². The standard InChI is InChI=1S/C18H17F3N6O3/c1-3-30-17(29)10-8-22-26(2)15(10)24-16(28)12-7-14-23-11(9-4-5-9)6-13(18(19,20)21)27(14)25-12/h6-9H,3-5H2,1-2H3,(H,24,28). The molecule has 30 heavy (non-hydrogen) atoms. The van der Waals surface area contributed by atoms with E-state index in [2.05, 4.69) is 20.5 Å². The fourth-order valence-corrected chi connectivity index (χ4v) is 3.01. The summed E-state index contributed by atoms with van der Waals surface area (Å²) in [6.45, 7) is 1.76. The number of hydrogen-bond acceptors (Lipinski definition) is 6. The molecular weight excluding hydrogens is 405 g/mol. The van der Waals surface area contributed by atoms with Gasteiger partial charge in [0.2, 0.25) is 0 Å². The van der Waals surface area contributed by atoms with Crippen LogP contribution in [0.2, 0.25) is 0 Å². The predicted molar refractivity (Wildman–Crippen MR) is 97.1 cm³/mol. The van der Waals surface area contributed by atoms with E-state index >= 15 is 0 Å². The molecule has 9 nitrogen and oxygen atoms in total. The molecule has 1 amide bonds. The molecule has 158 valence electrons. The van der Waals surface area contributed by atoms with Crippen molar-refractivity contribution in [3.05, 3.63) is 41.0 Å². The zero-order chi connectivity index (χ0) is 21.6. The van der Waals surface area contributed by atoms with Crippen LogP contribution in [-0.2, 0) is 18.0 Å². The molecule has 3 aromatic heterocycles. The Kier molecular flexibility index (Phi) is 4.71. The summed E-state index contributed by atoms with van der Waals surface area (Å²) in [6, 6.07) is 2.15. The first-order chi connectivity index (χ1) is 14.2. The van der Waals surface area contributed by atoms with Crippen LogP contribution in [0.3, 0.4) is 0 Å². The number of anilines is 1. The minimum atomic E-state index is -4.66. The number of fused-ring (bicyclic) bond motifs is 1. The summed E-state index contributed by atoms with van der Waals surface area (Å²) in [5.41, 5.74) is -1.01. The van der Waals surface area contributed by atoms with Gasteiger partial charge in [-0.05, 0) is 25.8 Å². The molecule has 0 aromatic carbocycles.